The van der Waals surface area contributed by atoms with E-state index >= 15 is 0 Å². The summed E-state index contributed by atoms with van der Waals surface area (Å²) in [5.41, 5.74) is 0. The maximum atomic E-state index is 12.2. The lowest BCUT2D eigenvalue weighted by atomic mass is 10.5. The topological polar surface area (TPSA) is 9.23 Å². The van der Waals surface area contributed by atoms with Gasteiger partial charge in [-0.05, 0) is 18.1 Å². The second-order valence-electron chi connectivity index (χ2n) is 4.37. The monoisotopic (exact) mass is 296 g/mol. The van der Waals surface area contributed by atoms with E-state index in [4.69, 9.17) is 4.43 Å². The Morgan fingerprint density at radius 1 is 0.833 bits per heavy atom. The predicted molar refractivity (Wildman–Crippen MR) is 58.8 cm³/mol. The lowest BCUT2D eigenvalue weighted by molar-refractivity contribution is -0.132. The molecule has 18 heavy (non-hydrogen) atoms. The summed E-state index contributed by atoms with van der Waals surface area (Å²) in [7, 11) is -1.70. The van der Waals surface area contributed by atoms with Crippen molar-refractivity contribution in [2.24, 2.45) is 0 Å². The number of hydrogen-bond acceptors (Lipinski definition) is 1. The number of alkyl halides is 6. The third-order valence-corrected chi connectivity index (χ3v) is 7.47. The van der Waals surface area contributed by atoms with Gasteiger partial charge in [0.15, 0.2) is 8.32 Å². The molecule has 0 radical (unpaired) electrons. The molecule has 110 valence electrons. The Kier molecular flexibility index (Phi) is 6.70. The molecule has 0 aliphatic heterocycles. The summed E-state index contributed by atoms with van der Waals surface area (Å²) in [6.45, 7) is 1.74. The van der Waals surface area contributed by atoms with Crippen LogP contribution in [0, 0.1) is 0 Å². The summed E-state index contributed by atoms with van der Waals surface area (Å²) in [6, 6.07) is -0.260. The summed E-state index contributed by atoms with van der Waals surface area (Å²) in [4.78, 5) is 0. The van der Waals surface area contributed by atoms with E-state index in [1.807, 2.05) is 0 Å². The van der Waals surface area contributed by atoms with Gasteiger partial charge in [-0.25, -0.2) is 0 Å². The Bertz CT molecular complexity index is 220. The first-order valence-electron chi connectivity index (χ1n) is 5.72. The zero-order chi connectivity index (χ0) is 14.4. The van der Waals surface area contributed by atoms with Gasteiger partial charge in [0.1, 0.15) is 0 Å². The minimum Gasteiger partial charge on any atom is -0.420 e. The number of hydrogen-bond donors (Lipinski definition) is 0. The van der Waals surface area contributed by atoms with E-state index in [9.17, 15) is 26.3 Å². The molecule has 0 rings (SSSR count). The van der Waals surface area contributed by atoms with Crippen LogP contribution in [0.2, 0.25) is 18.1 Å². The molecule has 0 heterocycles. The van der Waals surface area contributed by atoms with E-state index in [0.29, 0.717) is 12.5 Å². The third kappa shape index (κ3) is 7.96. The van der Waals surface area contributed by atoms with Crippen LogP contribution in [0.15, 0.2) is 0 Å². The van der Waals surface area contributed by atoms with Crippen molar-refractivity contribution in [3.63, 3.8) is 0 Å². The van der Waals surface area contributed by atoms with Gasteiger partial charge < -0.3 is 4.43 Å². The highest BCUT2D eigenvalue weighted by atomic mass is 28.4. The standard InChI is InChI=1S/C10H18F6OSi/c1-3-6-18(17-2,7-4-9(11,12)13)8-5-10(14,15)16/h3-8H2,1-2H3. The molecule has 0 unspecified atom stereocenters. The van der Waals surface area contributed by atoms with Gasteiger partial charge in [-0.3, -0.25) is 0 Å². The fraction of sp³-hybridized carbons (Fsp3) is 1.00. The van der Waals surface area contributed by atoms with Crippen molar-refractivity contribution in [3.8, 4) is 0 Å². The van der Waals surface area contributed by atoms with E-state index in [0.717, 1.165) is 0 Å². The van der Waals surface area contributed by atoms with Crippen LogP contribution in [-0.4, -0.2) is 27.8 Å². The van der Waals surface area contributed by atoms with E-state index < -0.39 is 33.5 Å². The Morgan fingerprint density at radius 3 is 1.44 bits per heavy atom. The van der Waals surface area contributed by atoms with Gasteiger partial charge in [0.05, 0.1) is 0 Å². The van der Waals surface area contributed by atoms with Gasteiger partial charge >= 0.3 is 12.4 Å². The summed E-state index contributed by atoms with van der Waals surface area (Å²) in [5, 5.41) is 0. The molecule has 0 aliphatic carbocycles. The van der Waals surface area contributed by atoms with E-state index in [1.165, 1.54) is 7.11 Å². The lowest BCUT2D eigenvalue weighted by Gasteiger charge is -2.30. The quantitative estimate of drug-likeness (QED) is 0.480. The minimum absolute atomic E-state index is 0.295. The van der Waals surface area contributed by atoms with Gasteiger partial charge in [-0.1, -0.05) is 13.3 Å². The Labute approximate surface area is 104 Å². The molecule has 0 fully saturated rings. The molecule has 0 spiro atoms. The molecule has 0 aromatic rings. The minimum atomic E-state index is -4.34. The zero-order valence-corrected chi connectivity index (χ0v) is 11.4. The Morgan fingerprint density at radius 2 is 1.22 bits per heavy atom. The average molecular weight is 296 g/mol. The van der Waals surface area contributed by atoms with Crippen LogP contribution < -0.4 is 0 Å². The van der Waals surface area contributed by atoms with Crippen molar-refractivity contribution >= 4 is 8.32 Å². The molecule has 0 amide bonds. The van der Waals surface area contributed by atoms with Crippen LogP contribution in [0.5, 0.6) is 0 Å². The van der Waals surface area contributed by atoms with Crippen molar-refractivity contribution in [3.05, 3.63) is 0 Å². The van der Waals surface area contributed by atoms with Crippen LogP contribution in [0.3, 0.4) is 0 Å². The smallest absolute Gasteiger partial charge is 0.388 e. The van der Waals surface area contributed by atoms with Crippen LogP contribution in [0.25, 0.3) is 0 Å². The largest absolute Gasteiger partial charge is 0.420 e. The van der Waals surface area contributed by atoms with Crippen LogP contribution >= 0.6 is 0 Å². The van der Waals surface area contributed by atoms with Crippen LogP contribution in [0.4, 0.5) is 26.3 Å². The highest BCUT2D eigenvalue weighted by Gasteiger charge is 2.41. The second-order valence-corrected chi connectivity index (χ2v) is 8.64. The highest BCUT2D eigenvalue weighted by Crippen LogP contribution is 2.35. The first kappa shape index (κ1) is 17.8. The van der Waals surface area contributed by atoms with Crippen molar-refractivity contribution in [2.75, 3.05) is 7.11 Å². The van der Waals surface area contributed by atoms with Crippen molar-refractivity contribution in [2.45, 2.75) is 56.7 Å². The molecule has 0 atom stereocenters. The fourth-order valence-corrected chi connectivity index (χ4v) is 5.63. The Hall–Kier alpha value is -0.243. The van der Waals surface area contributed by atoms with E-state index in [1.54, 1.807) is 6.92 Å². The zero-order valence-electron chi connectivity index (χ0n) is 10.4. The molecular formula is C10H18F6OSi. The summed E-state index contributed by atoms with van der Waals surface area (Å²) < 4.78 is 78.2. The van der Waals surface area contributed by atoms with Gasteiger partial charge in [0, 0.05) is 20.0 Å². The summed E-state index contributed by atoms with van der Waals surface area (Å²) in [5.74, 6) is 0. The van der Waals surface area contributed by atoms with Crippen LogP contribution in [0.1, 0.15) is 26.2 Å². The van der Waals surface area contributed by atoms with Crippen molar-refractivity contribution in [1.29, 1.82) is 0 Å². The summed E-state index contributed by atoms with van der Waals surface area (Å²) in [6.07, 6.45) is -10.3. The van der Waals surface area contributed by atoms with Crippen molar-refractivity contribution < 1.29 is 30.8 Å². The van der Waals surface area contributed by atoms with E-state index in [2.05, 4.69) is 0 Å². The molecule has 0 aliphatic rings. The first-order chi connectivity index (χ1) is 8.04. The SMILES string of the molecule is CCC[Si](CCC(F)(F)F)(CCC(F)(F)F)OC. The molecule has 8 heteroatoms. The molecular weight excluding hydrogens is 278 g/mol. The predicted octanol–water partition coefficient (Wildman–Crippen LogP) is 4.89. The molecule has 0 N–H and O–H groups in total. The normalized spacial score (nSPS) is 14.0. The maximum absolute atomic E-state index is 12.2. The van der Waals surface area contributed by atoms with Gasteiger partial charge in [0.2, 0.25) is 0 Å². The summed E-state index contributed by atoms with van der Waals surface area (Å²) >= 11 is 0. The van der Waals surface area contributed by atoms with Gasteiger partial charge in [0.25, 0.3) is 0 Å². The first-order valence-corrected chi connectivity index (χ1v) is 8.25. The third-order valence-electron chi connectivity index (χ3n) is 2.87. The molecule has 0 aromatic heterocycles. The molecule has 0 saturated heterocycles. The number of halogens is 6. The molecule has 1 nitrogen and oxygen atoms in total. The van der Waals surface area contributed by atoms with E-state index in [-0.39, 0.29) is 12.1 Å². The Balaban J connectivity index is 4.60. The highest BCUT2D eigenvalue weighted by molar-refractivity contribution is 6.73. The second kappa shape index (κ2) is 6.79. The van der Waals surface area contributed by atoms with Crippen molar-refractivity contribution in [1.82, 2.24) is 0 Å². The average Bonchev–Trinajstić information content (AvgIpc) is 2.20. The lowest BCUT2D eigenvalue weighted by Crippen LogP contribution is -2.39. The number of rotatable bonds is 7. The fourth-order valence-electron chi connectivity index (χ4n) is 1.88. The van der Waals surface area contributed by atoms with Gasteiger partial charge in [-0.15, -0.1) is 0 Å². The molecule has 0 aromatic carbocycles. The van der Waals surface area contributed by atoms with Gasteiger partial charge in [-0.2, -0.15) is 26.3 Å². The molecule has 0 saturated carbocycles. The maximum Gasteiger partial charge on any atom is 0.388 e. The van der Waals surface area contributed by atoms with Crippen LogP contribution in [-0.2, 0) is 4.43 Å². The molecule has 0 bridgehead atoms.